The van der Waals surface area contributed by atoms with Crippen LogP contribution in [0.25, 0.3) is 6.08 Å². The average molecular weight is 512 g/mol. The number of carbonyl (C=O) groups excluding carboxylic acids is 1. The number of hydrogen-bond donors (Lipinski definition) is 3. The number of halogens is 1. The van der Waals surface area contributed by atoms with Crippen LogP contribution in [0.4, 0.5) is 11.4 Å². The van der Waals surface area contributed by atoms with E-state index >= 15 is 0 Å². The monoisotopic (exact) mass is 511 g/mol. The number of benzene rings is 3. The fraction of sp³-hybridized carbons (Fsp3) is 0.192. The first-order valence-corrected chi connectivity index (χ1v) is 13.1. The molecule has 0 bridgehead atoms. The van der Waals surface area contributed by atoms with Crippen molar-refractivity contribution < 1.29 is 18.4 Å². The molecular weight excluding hydrogens is 486 g/mol. The summed E-state index contributed by atoms with van der Waals surface area (Å²) in [7, 11) is -3.68. The Morgan fingerprint density at radius 1 is 1.00 bits per heavy atom. The molecule has 182 valence electrons. The second kappa shape index (κ2) is 11.0. The maximum absolute atomic E-state index is 12.7. The number of aryl methyl sites for hydroxylation is 2. The highest BCUT2D eigenvalue weighted by atomic mass is 35.5. The van der Waals surface area contributed by atoms with Crippen LogP contribution in [-0.4, -0.2) is 32.6 Å². The summed E-state index contributed by atoms with van der Waals surface area (Å²) in [5, 5.41) is 9.20. The van der Waals surface area contributed by atoms with Crippen LogP contribution in [0, 0.1) is 0 Å². The van der Waals surface area contributed by atoms with E-state index < -0.39 is 15.9 Å². The maximum atomic E-state index is 12.7. The molecule has 3 N–H and O–H groups in total. The van der Waals surface area contributed by atoms with Crippen molar-refractivity contribution >= 4 is 45.0 Å². The minimum absolute atomic E-state index is 0.138. The SMILES string of the molecule is O=C(/C=C/c1ccc(S(=O)(=O)NCCCN2c3ccccc3CCc3ccc(Cl)cc32)cc1)NO. The number of nitrogens with zero attached hydrogens (tertiary/aromatic N) is 1. The van der Waals surface area contributed by atoms with E-state index in [1.165, 1.54) is 34.8 Å². The van der Waals surface area contributed by atoms with Crippen LogP contribution in [0.1, 0.15) is 23.1 Å². The van der Waals surface area contributed by atoms with Crippen LogP contribution in [0.5, 0.6) is 0 Å². The van der Waals surface area contributed by atoms with Gasteiger partial charge in [0.1, 0.15) is 0 Å². The number of hydroxylamine groups is 1. The van der Waals surface area contributed by atoms with Crippen LogP contribution >= 0.6 is 11.6 Å². The number of hydrogen-bond acceptors (Lipinski definition) is 5. The molecule has 0 atom stereocenters. The van der Waals surface area contributed by atoms with Gasteiger partial charge in [0, 0.05) is 35.6 Å². The normalized spacial score (nSPS) is 13.3. The van der Waals surface area contributed by atoms with Crippen molar-refractivity contribution in [2.45, 2.75) is 24.2 Å². The predicted molar refractivity (Wildman–Crippen MR) is 138 cm³/mol. The van der Waals surface area contributed by atoms with E-state index in [0.717, 1.165) is 30.3 Å². The number of carbonyl (C=O) groups is 1. The number of sulfonamides is 1. The van der Waals surface area contributed by atoms with Crippen molar-refractivity contribution in [3.8, 4) is 0 Å². The topological polar surface area (TPSA) is 98.7 Å². The molecule has 4 rings (SSSR count). The summed E-state index contributed by atoms with van der Waals surface area (Å²) in [5.74, 6) is -0.666. The summed E-state index contributed by atoms with van der Waals surface area (Å²) in [6.45, 7) is 0.902. The lowest BCUT2D eigenvalue weighted by atomic mass is 10.0. The third-order valence-electron chi connectivity index (χ3n) is 5.86. The van der Waals surface area contributed by atoms with E-state index in [-0.39, 0.29) is 11.4 Å². The molecule has 7 nitrogen and oxygen atoms in total. The smallest absolute Gasteiger partial charge is 0.267 e. The minimum Gasteiger partial charge on any atom is -0.341 e. The summed E-state index contributed by atoms with van der Waals surface area (Å²) in [4.78, 5) is 13.4. The first-order chi connectivity index (χ1) is 16.9. The minimum atomic E-state index is -3.68. The largest absolute Gasteiger partial charge is 0.341 e. The fourth-order valence-corrected chi connectivity index (χ4v) is 5.36. The predicted octanol–water partition coefficient (Wildman–Crippen LogP) is 4.46. The zero-order chi connectivity index (χ0) is 24.8. The number of amides is 1. The van der Waals surface area contributed by atoms with Gasteiger partial charge in [0.15, 0.2) is 0 Å². The molecule has 0 spiro atoms. The Labute approximate surface area is 210 Å². The highest BCUT2D eigenvalue weighted by Gasteiger charge is 2.21. The van der Waals surface area contributed by atoms with E-state index in [2.05, 4.69) is 27.8 Å². The summed E-state index contributed by atoms with van der Waals surface area (Å²) >= 11 is 6.31. The average Bonchev–Trinajstić information content (AvgIpc) is 3.02. The van der Waals surface area contributed by atoms with Gasteiger partial charge in [-0.05, 0) is 72.4 Å². The molecule has 0 aliphatic carbocycles. The Morgan fingerprint density at radius 2 is 1.71 bits per heavy atom. The highest BCUT2D eigenvalue weighted by molar-refractivity contribution is 7.89. The Morgan fingerprint density at radius 3 is 2.46 bits per heavy atom. The van der Waals surface area contributed by atoms with Gasteiger partial charge in [-0.1, -0.05) is 48.0 Å². The van der Waals surface area contributed by atoms with Gasteiger partial charge in [0.05, 0.1) is 4.90 Å². The van der Waals surface area contributed by atoms with Gasteiger partial charge in [0.25, 0.3) is 5.91 Å². The second-order valence-corrected chi connectivity index (χ2v) is 10.4. The zero-order valence-electron chi connectivity index (χ0n) is 18.9. The maximum Gasteiger partial charge on any atom is 0.267 e. The van der Waals surface area contributed by atoms with Crippen LogP contribution in [0.2, 0.25) is 5.02 Å². The Hall–Kier alpha value is -3.17. The van der Waals surface area contributed by atoms with Crippen LogP contribution in [0.15, 0.2) is 77.7 Å². The molecule has 0 aromatic heterocycles. The molecule has 0 saturated carbocycles. The number of rotatable bonds is 8. The van der Waals surface area contributed by atoms with Crippen molar-refractivity contribution in [1.82, 2.24) is 10.2 Å². The third kappa shape index (κ3) is 6.10. The van der Waals surface area contributed by atoms with E-state index in [9.17, 15) is 13.2 Å². The summed E-state index contributed by atoms with van der Waals surface area (Å²) in [6.07, 6.45) is 5.06. The van der Waals surface area contributed by atoms with E-state index in [4.69, 9.17) is 16.8 Å². The lowest BCUT2D eigenvalue weighted by Crippen LogP contribution is -2.28. The highest BCUT2D eigenvalue weighted by Crippen LogP contribution is 2.37. The number of nitrogens with one attached hydrogen (secondary N) is 2. The Kier molecular flexibility index (Phi) is 7.87. The first-order valence-electron chi connectivity index (χ1n) is 11.2. The molecular formula is C26H26ClN3O4S. The number of fused-ring (bicyclic) bond motifs is 2. The van der Waals surface area contributed by atoms with Gasteiger partial charge in [-0.2, -0.15) is 0 Å². The molecule has 1 aliphatic rings. The van der Waals surface area contributed by atoms with E-state index in [1.807, 2.05) is 24.3 Å². The quantitative estimate of drug-likeness (QED) is 0.179. The van der Waals surface area contributed by atoms with Crippen molar-refractivity contribution in [1.29, 1.82) is 0 Å². The van der Waals surface area contributed by atoms with Crippen molar-refractivity contribution in [2.75, 3.05) is 18.0 Å². The molecule has 35 heavy (non-hydrogen) atoms. The van der Waals surface area contributed by atoms with Crippen LogP contribution in [-0.2, 0) is 27.7 Å². The van der Waals surface area contributed by atoms with Gasteiger partial charge >= 0.3 is 0 Å². The molecule has 3 aromatic rings. The molecule has 0 unspecified atom stereocenters. The van der Waals surface area contributed by atoms with E-state index in [1.54, 1.807) is 12.1 Å². The van der Waals surface area contributed by atoms with Gasteiger partial charge < -0.3 is 4.90 Å². The molecule has 3 aromatic carbocycles. The third-order valence-corrected chi connectivity index (χ3v) is 7.57. The number of anilines is 2. The fourth-order valence-electron chi connectivity index (χ4n) is 4.12. The molecule has 0 saturated heterocycles. The van der Waals surface area contributed by atoms with Gasteiger partial charge in [0.2, 0.25) is 10.0 Å². The summed E-state index contributed by atoms with van der Waals surface area (Å²) in [6, 6.07) is 20.3. The van der Waals surface area contributed by atoms with Crippen molar-refractivity contribution in [2.24, 2.45) is 0 Å². The molecule has 1 aliphatic heterocycles. The summed E-state index contributed by atoms with van der Waals surface area (Å²) in [5.41, 5.74) is 6.78. The molecule has 0 fully saturated rings. The lowest BCUT2D eigenvalue weighted by Gasteiger charge is -2.27. The zero-order valence-corrected chi connectivity index (χ0v) is 20.5. The standard InChI is InChI=1S/C26H26ClN3O4S/c27-22-12-11-21-10-9-20-4-1-2-5-24(20)30(25(21)18-22)17-3-16-28-35(33,34)23-13-6-19(7-14-23)8-15-26(31)29-32/h1-2,4-8,11-15,18,28,32H,3,9-10,16-17H2,(H,29,31)/b15-8+. The Balaban J connectivity index is 1.43. The van der Waals surface area contributed by atoms with Gasteiger partial charge in [-0.15, -0.1) is 0 Å². The molecule has 1 heterocycles. The lowest BCUT2D eigenvalue weighted by molar-refractivity contribution is -0.124. The Bertz CT molecular complexity index is 1340. The van der Waals surface area contributed by atoms with Crippen molar-refractivity contribution in [3.63, 3.8) is 0 Å². The van der Waals surface area contributed by atoms with E-state index in [0.29, 0.717) is 23.6 Å². The number of para-hydroxylation sites is 1. The van der Waals surface area contributed by atoms with Crippen LogP contribution < -0.4 is 15.1 Å². The van der Waals surface area contributed by atoms with Gasteiger partial charge in [-0.3, -0.25) is 10.0 Å². The second-order valence-electron chi connectivity index (χ2n) is 8.18. The molecule has 9 heteroatoms. The molecule has 0 radical (unpaired) electrons. The summed E-state index contributed by atoms with van der Waals surface area (Å²) < 4.78 is 28.2. The van der Waals surface area contributed by atoms with Gasteiger partial charge in [-0.25, -0.2) is 18.6 Å². The van der Waals surface area contributed by atoms with Crippen LogP contribution in [0.3, 0.4) is 0 Å². The van der Waals surface area contributed by atoms with Crippen molar-refractivity contribution in [3.05, 3.63) is 94.5 Å². The first kappa shape index (κ1) is 24.9. The molecule has 1 amide bonds.